The number of aliphatic hydroxyl groups is 1. The Bertz CT molecular complexity index is 291. The minimum atomic E-state index is -0.0631. The predicted octanol–water partition coefficient (Wildman–Crippen LogP) is 0.174. The van der Waals surface area contributed by atoms with E-state index in [9.17, 15) is 5.11 Å². The smallest absolute Gasteiger partial charge is 0.0936 e. The normalized spacial score (nSPS) is 32.4. The highest BCUT2D eigenvalue weighted by atomic mass is 16.5. The van der Waals surface area contributed by atoms with Crippen LogP contribution < -0.4 is 5.73 Å². The van der Waals surface area contributed by atoms with Crippen molar-refractivity contribution in [2.75, 3.05) is 26.2 Å². The van der Waals surface area contributed by atoms with Gasteiger partial charge >= 0.3 is 0 Å². The van der Waals surface area contributed by atoms with E-state index in [-0.39, 0.29) is 24.2 Å². The van der Waals surface area contributed by atoms with Crippen molar-refractivity contribution < 1.29 is 9.84 Å². The van der Waals surface area contributed by atoms with Gasteiger partial charge in [-0.2, -0.15) is 0 Å². The number of morpholine rings is 1. The summed E-state index contributed by atoms with van der Waals surface area (Å²) in [5.41, 5.74) is 5.74. The summed E-state index contributed by atoms with van der Waals surface area (Å²) >= 11 is 0. The van der Waals surface area contributed by atoms with Crippen molar-refractivity contribution in [2.24, 2.45) is 11.1 Å². The Morgan fingerprint density at radius 3 is 2.76 bits per heavy atom. The number of rotatable bonds is 5. The SMILES string of the molecule is CC1CN(CC2(CC(=N)N)CC2)CC(CO)O1. The van der Waals surface area contributed by atoms with Gasteiger partial charge in [0.2, 0.25) is 0 Å². The molecule has 0 bridgehead atoms. The van der Waals surface area contributed by atoms with Gasteiger partial charge < -0.3 is 15.6 Å². The lowest BCUT2D eigenvalue weighted by Crippen LogP contribution is -2.49. The molecule has 0 radical (unpaired) electrons. The molecule has 2 unspecified atom stereocenters. The lowest BCUT2D eigenvalue weighted by atomic mass is 10.00. The summed E-state index contributed by atoms with van der Waals surface area (Å²) in [7, 11) is 0. The summed E-state index contributed by atoms with van der Waals surface area (Å²) in [4.78, 5) is 2.35. The zero-order valence-corrected chi connectivity index (χ0v) is 10.5. The van der Waals surface area contributed by atoms with Crippen LogP contribution in [0.3, 0.4) is 0 Å². The van der Waals surface area contributed by atoms with Crippen LogP contribution in [-0.2, 0) is 4.74 Å². The van der Waals surface area contributed by atoms with Crippen LogP contribution in [0.1, 0.15) is 26.2 Å². The quantitative estimate of drug-likeness (QED) is 0.473. The van der Waals surface area contributed by atoms with Gasteiger partial charge in [0, 0.05) is 26.1 Å². The maximum Gasteiger partial charge on any atom is 0.0936 e. The van der Waals surface area contributed by atoms with Gasteiger partial charge in [0.25, 0.3) is 0 Å². The minimum absolute atomic E-state index is 0.0631. The lowest BCUT2D eigenvalue weighted by molar-refractivity contribution is -0.0985. The summed E-state index contributed by atoms with van der Waals surface area (Å²) < 4.78 is 5.62. The van der Waals surface area contributed by atoms with Crippen LogP contribution in [0.15, 0.2) is 0 Å². The monoisotopic (exact) mass is 241 g/mol. The van der Waals surface area contributed by atoms with Gasteiger partial charge in [0.05, 0.1) is 24.7 Å². The molecule has 0 amide bonds. The number of aliphatic hydroxyl groups excluding tert-OH is 1. The van der Waals surface area contributed by atoms with Gasteiger partial charge in [0.15, 0.2) is 0 Å². The summed E-state index contributed by atoms with van der Waals surface area (Å²) in [6, 6.07) is 0. The first kappa shape index (κ1) is 12.8. The molecule has 0 aromatic heterocycles. The highest BCUT2D eigenvalue weighted by Gasteiger charge is 2.45. The molecule has 1 aliphatic carbocycles. The van der Waals surface area contributed by atoms with E-state index in [1.807, 2.05) is 6.92 Å². The highest BCUT2D eigenvalue weighted by Crippen LogP contribution is 2.49. The molecule has 2 atom stereocenters. The van der Waals surface area contributed by atoms with Crippen molar-refractivity contribution in [3.05, 3.63) is 0 Å². The molecule has 4 N–H and O–H groups in total. The lowest BCUT2D eigenvalue weighted by Gasteiger charge is -2.38. The Morgan fingerprint density at radius 1 is 1.53 bits per heavy atom. The third-order valence-corrected chi connectivity index (χ3v) is 3.69. The maximum atomic E-state index is 9.18. The van der Waals surface area contributed by atoms with Crippen molar-refractivity contribution in [3.8, 4) is 0 Å². The molecule has 2 fully saturated rings. The van der Waals surface area contributed by atoms with Gasteiger partial charge in [-0.1, -0.05) is 0 Å². The van der Waals surface area contributed by atoms with Crippen LogP contribution in [0, 0.1) is 10.8 Å². The van der Waals surface area contributed by atoms with Gasteiger partial charge in [0.1, 0.15) is 0 Å². The highest BCUT2D eigenvalue weighted by molar-refractivity contribution is 5.78. The van der Waals surface area contributed by atoms with Crippen molar-refractivity contribution in [3.63, 3.8) is 0 Å². The number of nitrogens with one attached hydrogen (secondary N) is 1. The van der Waals surface area contributed by atoms with E-state index in [1.54, 1.807) is 0 Å². The van der Waals surface area contributed by atoms with Crippen LogP contribution in [0.25, 0.3) is 0 Å². The molecule has 1 saturated heterocycles. The molecule has 17 heavy (non-hydrogen) atoms. The van der Waals surface area contributed by atoms with Gasteiger partial charge in [-0.3, -0.25) is 10.3 Å². The first-order chi connectivity index (χ1) is 8.03. The van der Waals surface area contributed by atoms with E-state index in [2.05, 4.69) is 4.90 Å². The van der Waals surface area contributed by atoms with Crippen molar-refractivity contribution >= 4 is 5.84 Å². The number of ether oxygens (including phenoxy) is 1. The van der Waals surface area contributed by atoms with Crippen LogP contribution in [0.4, 0.5) is 0 Å². The molecule has 98 valence electrons. The molecular formula is C12H23N3O2. The maximum absolute atomic E-state index is 9.18. The fraction of sp³-hybridized carbons (Fsp3) is 0.917. The molecular weight excluding hydrogens is 218 g/mol. The average molecular weight is 241 g/mol. The van der Waals surface area contributed by atoms with Crippen LogP contribution in [-0.4, -0.2) is 54.3 Å². The predicted molar refractivity (Wildman–Crippen MR) is 66.1 cm³/mol. The minimum Gasteiger partial charge on any atom is -0.394 e. The fourth-order valence-corrected chi connectivity index (χ4v) is 2.82. The number of nitrogens with two attached hydrogens (primary N) is 1. The van der Waals surface area contributed by atoms with Gasteiger partial charge in [-0.05, 0) is 25.2 Å². The zero-order chi connectivity index (χ0) is 12.5. The summed E-state index contributed by atoms with van der Waals surface area (Å²) in [5, 5.41) is 16.6. The molecule has 0 aromatic carbocycles. The number of amidine groups is 1. The van der Waals surface area contributed by atoms with Gasteiger partial charge in [-0.15, -0.1) is 0 Å². The van der Waals surface area contributed by atoms with E-state index in [1.165, 1.54) is 12.8 Å². The number of hydrogen-bond acceptors (Lipinski definition) is 4. The Balaban J connectivity index is 1.87. The second-order valence-electron chi connectivity index (χ2n) is 5.65. The molecule has 5 nitrogen and oxygen atoms in total. The van der Waals surface area contributed by atoms with Crippen molar-refractivity contribution in [2.45, 2.75) is 38.4 Å². The fourth-order valence-electron chi connectivity index (χ4n) is 2.82. The van der Waals surface area contributed by atoms with Crippen molar-refractivity contribution in [1.29, 1.82) is 5.41 Å². The molecule has 0 spiro atoms. The molecule has 1 heterocycles. The number of nitrogens with zero attached hydrogens (tertiary/aromatic N) is 1. The molecule has 2 aliphatic rings. The Morgan fingerprint density at radius 2 is 2.24 bits per heavy atom. The van der Waals surface area contributed by atoms with E-state index < -0.39 is 0 Å². The second kappa shape index (κ2) is 4.92. The first-order valence-corrected chi connectivity index (χ1v) is 6.34. The first-order valence-electron chi connectivity index (χ1n) is 6.34. The molecule has 5 heteroatoms. The van der Waals surface area contributed by atoms with Crippen LogP contribution in [0.2, 0.25) is 0 Å². The second-order valence-corrected chi connectivity index (χ2v) is 5.65. The summed E-state index contributed by atoms with van der Waals surface area (Å²) in [6.07, 6.45) is 3.16. The van der Waals surface area contributed by atoms with E-state index in [0.717, 1.165) is 19.6 Å². The Kier molecular flexibility index (Phi) is 3.70. The Labute approximate surface area is 102 Å². The molecule has 1 aliphatic heterocycles. The third kappa shape index (κ3) is 3.40. The molecule has 1 saturated carbocycles. The molecule has 0 aromatic rings. The van der Waals surface area contributed by atoms with E-state index in [4.69, 9.17) is 15.9 Å². The largest absolute Gasteiger partial charge is 0.394 e. The third-order valence-electron chi connectivity index (χ3n) is 3.69. The van der Waals surface area contributed by atoms with Gasteiger partial charge in [-0.25, -0.2) is 0 Å². The Hall–Kier alpha value is -0.650. The number of hydrogen-bond donors (Lipinski definition) is 3. The van der Waals surface area contributed by atoms with E-state index in [0.29, 0.717) is 12.3 Å². The molecule has 2 rings (SSSR count). The summed E-state index contributed by atoms with van der Waals surface area (Å²) in [6.45, 7) is 4.81. The summed E-state index contributed by atoms with van der Waals surface area (Å²) in [5.74, 6) is 0.294. The topological polar surface area (TPSA) is 82.6 Å². The zero-order valence-electron chi connectivity index (χ0n) is 10.5. The standard InChI is InChI=1S/C12H23N3O2/c1-9-5-15(6-10(7-16)17-9)8-12(2-3-12)4-11(13)14/h9-10,16H,2-8H2,1H3,(H3,13,14). The van der Waals surface area contributed by atoms with E-state index >= 15 is 0 Å². The van der Waals surface area contributed by atoms with Crippen LogP contribution >= 0.6 is 0 Å². The average Bonchev–Trinajstić information content (AvgIpc) is 2.95. The van der Waals surface area contributed by atoms with Crippen molar-refractivity contribution in [1.82, 2.24) is 4.90 Å². The van der Waals surface area contributed by atoms with Crippen LogP contribution in [0.5, 0.6) is 0 Å².